The third-order valence-electron chi connectivity index (χ3n) is 5.93. The van der Waals surface area contributed by atoms with Crippen LogP contribution in [-0.2, 0) is 24.4 Å². The molecule has 36 heavy (non-hydrogen) atoms. The molecule has 5 rings (SSSR count). The molecule has 0 bridgehead atoms. The average Bonchev–Trinajstić information content (AvgIpc) is 3.59. The number of thiophene rings is 1. The van der Waals surface area contributed by atoms with E-state index in [2.05, 4.69) is 10.3 Å². The monoisotopic (exact) mass is 501 g/mol. The summed E-state index contributed by atoms with van der Waals surface area (Å²) in [4.78, 5) is 31.0. The zero-order chi connectivity index (χ0) is 24.9. The Morgan fingerprint density at radius 3 is 2.69 bits per heavy atom. The number of hydrogen-bond acceptors (Lipinski definition) is 5. The zero-order valence-corrected chi connectivity index (χ0v) is 20.1. The van der Waals surface area contributed by atoms with Crippen molar-refractivity contribution < 1.29 is 13.6 Å². The number of nitrogens with zero attached hydrogens (tertiary/aromatic N) is 1. The summed E-state index contributed by atoms with van der Waals surface area (Å²) in [5.74, 6) is -0.0563. The molecule has 1 atom stereocenters. The molecule has 0 saturated carbocycles. The highest BCUT2D eigenvalue weighted by Crippen LogP contribution is 2.24. The molecule has 0 aliphatic carbocycles. The number of fused-ring (bicyclic) bond motifs is 1. The number of furan rings is 1. The van der Waals surface area contributed by atoms with E-state index in [1.165, 1.54) is 12.1 Å². The fourth-order valence-electron chi connectivity index (χ4n) is 4.15. The number of rotatable bonds is 9. The van der Waals surface area contributed by atoms with Gasteiger partial charge in [0, 0.05) is 28.6 Å². The Bertz CT molecular complexity index is 1480. The summed E-state index contributed by atoms with van der Waals surface area (Å²) in [7, 11) is 0. The first-order valence-electron chi connectivity index (χ1n) is 11.5. The second-order valence-corrected chi connectivity index (χ2v) is 9.46. The second-order valence-electron chi connectivity index (χ2n) is 8.43. The highest BCUT2D eigenvalue weighted by molar-refractivity contribution is 7.09. The molecule has 182 valence electrons. The van der Waals surface area contributed by atoms with Gasteiger partial charge in [0.25, 0.3) is 0 Å². The number of amides is 1. The van der Waals surface area contributed by atoms with Crippen molar-refractivity contribution in [2.45, 2.75) is 25.7 Å². The maximum Gasteiger partial charge on any atom is 0.248 e. The number of aromatic nitrogens is 1. The first kappa shape index (κ1) is 23.7. The lowest BCUT2D eigenvalue weighted by atomic mass is 10.0. The first-order chi connectivity index (χ1) is 17.6. The normalized spacial score (nSPS) is 12.0. The molecule has 3 heterocycles. The highest BCUT2D eigenvalue weighted by Gasteiger charge is 2.29. The molecule has 2 N–H and O–H groups in total. The summed E-state index contributed by atoms with van der Waals surface area (Å²) < 4.78 is 20.4. The Balaban J connectivity index is 1.44. The largest absolute Gasteiger partial charge is 0.467 e. The molecule has 1 amide bonds. The topological polar surface area (TPSA) is 78.3 Å². The Morgan fingerprint density at radius 1 is 1.03 bits per heavy atom. The number of carbonyl (C=O) groups excluding carboxylic acids is 1. The standard InChI is InChI=1S/C28H24FN3O3S/c29-24-8-2-1-7-23(24)27(30-16-19-9-11-25-20(15-19)10-12-26(33)31-25)28(34)32(17-21-5-3-13-35-21)18-22-6-4-14-36-22/h1-15,27,30H,16-18H2,(H,31,33). The van der Waals surface area contributed by atoms with E-state index in [0.29, 0.717) is 18.8 Å². The van der Waals surface area contributed by atoms with Gasteiger partial charge in [-0.3, -0.25) is 14.9 Å². The van der Waals surface area contributed by atoms with Crippen molar-refractivity contribution in [1.29, 1.82) is 0 Å². The van der Waals surface area contributed by atoms with Crippen molar-refractivity contribution >= 4 is 28.1 Å². The van der Waals surface area contributed by atoms with Crippen LogP contribution in [0.1, 0.15) is 27.8 Å². The lowest BCUT2D eigenvalue weighted by Crippen LogP contribution is -2.40. The first-order valence-corrected chi connectivity index (χ1v) is 12.4. The molecule has 1 unspecified atom stereocenters. The van der Waals surface area contributed by atoms with Crippen molar-refractivity contribution in [3.8, 4) is 0 Å². The van der Waals surface area contributed by atoms with Crippen LogP contribution in [-0.4, -0.2) is 15.8 Å². The maximum absolute atomic E-state index is 14.9. The molecule has 0 fully saturated rings. The van der Waals surface area contributed by atoms with Crippen molar-refractivity contribution in [2.24, 2.45) is 0 Å². The molecule has 0 spiro atoms. The molecule has 5 aromatic rings. The van der Waals surface area contributed by atoms with Crippen LogP contribution in [0.5, 0.6) is 0 Å². The van der Waals surface area contributed by atoms with Crippen molar-refractivity contribution in [3.05, 3.63) is 128 Å². The summed E-state index contributed by atoms with van der Waals surface area (Å²) in [5, 5.41) is 6.12. The predicted molar refractivity (Wildman–Crippen MR) is 138 cm³/mol. The lowest BCUT2D eigenvalue weighted by Gasteiger charge is -2.28. The number of halogens is 1. The summed E-state index contributed by atoms with van der Waals surface area (Å²) in [6.07, 6.45) is 1.57. The smallest absolute Gasteiger partial charge is 0.248 e. The summed E-state index contributed by atoms with van der Waals surface area (Å²) >= 11 is 1.56. The Labute approximate surface area is 211 Å². The van der Waals surface area contributed by atoms with Crippen LogP contribution in [0.4, 0.5) is 4.39 Å². The van der Waals surface area contributed by atoms with E-state index in [9.17, 15) is 14.0 Å². The Kier molecular flexibility index (Phi) is 7.06. The number of carbonyl (C=O) groups is 1. The van der Waals surface area contributed by atoms with Crippen LogP contribution in [0, 0.1) is 5.82 Å². The van der Waals surface area contributed by atoms with Gasteiger partial charge >= 0.3 is 0 Å². The number of hydrogen-bond donors (Lipinski definition) is 2. The second kappa shape index (κ2) is 10.7. The number of pyridine rings is 1. The van der Waals surface area contributed by atoms with Gasteiger partial charge in [0.1, 0.15) is 17.6 Å². The highest BCUT2D eigenvalue weighted by atomic mass is 32.1. The van der Waals surface area contributed by atoms with Crippen molar-refractivity contribution in [3.63, 3.8) is 0 Å². The molecule has 2 aromatic carbocycles. The minimum absolute atomic E-state index is 0.166. The molecule has 3 aromatic heterocycles. The summed E-state index contributed by atoms with van der Waals surface area (Å²) in [6, 6.07) is 21.8. The van der Waals surface area contributed by atoms with E-state index in [1.807, 2.05) is 41.8 Å². The van der Waals surface area contributed by atoms with Crippen molar-refractivity contribution in [2.75, 3.05) is 0 Å². The fraction of sp³-hybridized carbons (Fsp3) is 0.143. The number of nitrogens with one attached hydrogen (secondary N) is 2. The van der Waals surface area contributed by atoms with Crippen LogP contribution in [0.2, 0.25) is 0 Å². The fourth-order valence-corrected chi connectivity index (χ4v) is 4.87. The molecule has 0 saturated heterocycles. The van der Waals surface area contributed by atoms with Gasteiger partial charge in [-0.25, -0.2) is 4.39 Å². The van der Waals surface area contributed by atoms with Crippen LogP contribution in [0.25, 0.3) is 10.9 Å². The number of H-pyrrole nitrogens is 1. The minimum Gasteiger partial charge on any atom is -0.467 e. The van der Waals surface area contributed by atoms with E-state index < -0.39 is 11.9 Å². The quantitative estimate of drug-likeness (QED) is 0.284. The summed E-state index contributed by atoms with van der Waals surface area (Å²) in [5.41, 5.74) is 1.75. The Morgan fingerprint density at radius 2 is 1.92 bits per heavy atom. The summed E-state index contributed by atoms with van der Waals surface area (Å²) in [6.45, 7) is 0.972. The van der Waals surface area contributed by atoms with Crippen LogP contribution in [0.15, 0.2) is 99.7 Å². The van der Waals surface area contributed by atoms with E-state index in [-0.39, 0.29) is 23.6 Å². The predicted octanol–water partition coefficient (Wildman–Crippen LogP) is 5.38. The van der Waals surface area contributed by atoms with Crippen LogP contribution < -0.4 is 10.9 Å². The maximum atomic E-state index is 14.9. The van der Waals surface area contributed by atoms with Gasteiger partial charge in [-0.05, 0) is 58.8 Å². The Hall–Kier alpha value is -4.01. The average molecular weight is 502 g/mol. The van der Waals surface area contributed by atoms with Crippen LogP contribution >= 0.6 is 11.3 Å². The third-order valence-corrected chi connectivity index (χ3v) is 6.79. The molecular weight excluding hydrogens is 477 g/mol. The number of benzene rings is 2. The van der Waals surface area contributed by atoms with Gasteiger partial charge in [-0.2, -0.15) is 0 Å². The van der Waals surface area contributed by atoms with Gasteiger partial charge in [0.2, 0.25) is 11.5 Å². The molecule has 6 nitrogen and oxygen atoms in total. The van der Waals surface area contributed by atoms with E-state index in [1.54, 1.807) is 52.8 Å². The van der Waals surface area contributed by atoms with E-state index >= 15 is 0 Å². The molecule has 8 heteroatoms. The van der Waals surface area contributed by atoms with E-state index in [4.69, 9.17) is 4.42 Å². The van der Waals surface area contributed by atoms with Gasteiger partial charge in [-0.1, -0.05) is 30.3 Å². The zero-order valence-electron chi connectivity index (χ0n) is 19.3. The lowest BCUT2D eigenvalue weighted by molar-refractivity contribution is -0.135. The third kappa shape index (κ3) is 5.45. The minimum atomic E-state index is -0.910. The van der Waals surface area contributed by atoms with Gasteiger partial charge in [0.05, 0.1) is 19.4 Å². The SMILES string of the molecule is O=C(C(NCc1ccc2[nH]c(=O)ccc2c1)c1ccccc1F)N(Cc1ccco1)Cc1cccs1. The molecule has 0 radical (unpaired) electrons. The molecular formula is C28H24FN3O3S. The van der Waals surface area contributed by atoms with Gasteiger partial charge < -0.3 is 14.3 Å². The molecule has 0 aliphatic rings. The molecule has 0 aliphatic heterocycles. The number of aromatic amines is 1. The van der Waals surface area contributed by atoms with E-state index in [0.717, 1.165) is 21.3 Å². The van der Waals surface area contributed by atoms with Gasteiger partial charge in [0.15, 0.2) is 0 Å². The van der Waals surface area contributed by atoms with Crippen molar-refractivity contribution in [1.82, 2.24) is 15.2 Å². The van der Waals surface area contributed by atoms with Gasteiger partial charge in [-0.15, -0.1) is 11.3 Å². The van der Waals surface area contributed by atoms with Crippen LogP contribution in [0.3, 0.4) is 0 Å².